The standard InChI is InChI=1S/C29H31N9O4/c1-5-11-37-26(39)22-18-32-27(33-20-14-19(15-30)16-31-17-20)35-25(22)38(37)23-7-6-8-24(34-23)41-21-9-12-36(13-10-21)28(40)42-29(2,3)4/h5-8,14,16-18,21H,1,9-13H2,2-4H3,(H,32,33,35). The summed E-state index contributed by atoms with van der Waals surface area (Å²) >= 11 is 0. The average molecular weight is 570 g/mol. The molecule has 1 N–H and O–H groups in total. The number of aromatic nitrogens is 6. The predicted octanol–water partition coefficient (Wildman–Crippen LogP) is 3.95. The molecule has 216 valence electrons. The van der Waals surface area contributed by atoms with Gasteiger partial charge in [0.1, 0.15) is 23.2 Å². The molecule has 0 saturated carbocycles. The van der Waals surface area contributed by atoms with E-state index in [1.54, 1.807) is 46.1 Å². The lowest BCUT2D eigenvalue weighted by Gasteiger charge is -2.33. The average Bonchev–Trinajstić information content (AvgIpc) is 3.23. The van der Waals surface area contributed by atoms with Crippen LogP contribution in [-0.4, -0.2) is 65.1 Å². The van der Waals surface area contributed by atoms with Crippen LogP contribution in [0.15, 0.2) is 60.3 Å². The highest BCUT2D eigenvalue weighted by atomic mass is 16.6. The zero-order chi connectivity index (χ0) is 29.9. The molecule has 1 fully saturated rings. The molecule has 1 aliphatic heterocycles. The lowest BCUT2D eigenvalue weighted by molar-refractivity contribution is 0.0123. The van der Waals surface area contributed by atoms with Gasteiger partial charge in [0, 0.05) is 44.4 Å². The summed E-state index contributed by atoms with van der Waals surface area (Å²) in [5.74, 6) is 1.02. The van der Waals surface area contributed by atoms with Gasteiger partial charge in [0.2, 0.25) is 11.8 Å². The van der Waals surface area contributed by atoms with Crippen molar-refractivity contribution in [1.82, 2.24) is 34.2 Å². The summed E-state index contributed by atoms with van der Waals surface area (Å²) in [4.78, 5) is 45.0. The molecular formula is C29H31N9O4. The number of hydrogen-bond acceptors (Lipinski definition) is 10. The van der Waals surface area contributed by atoms with Gasteiger partial charge >= 0.3 is 6.09 Å². The number of amides is 1. The summed E-state index contributed by atoms with van der Waals surface area (Å²) in [5.41, 5.74) is 0.391. The van der Waals surface area contributed by atoms with Gasteiger partial charge in [-0.15, -0.1) is 6.58 Å². The number of piperidine rings is 1. The van der Waals surface area contributed by atoms with Crippen molar-refractivity contribution in [3.8, 4) is 17.8 Å². The summed E-state index contributed by atoms with van der Waals surface area (Å²) < 4.78 is 14.8. The SMILES string of the molecule is C=CCn1c(=O)c2cnc(Nc3cncc(C#N)c3)nc2n1-c1cccc(OC2CCN(C(=O)OC(C)(C)C)CC2)n1. The second-order valence-electron chi connectivity index (χ2n) is 10.7. The van der Waals surface area contributed by atoms with Crippen LogP contribution in [-0.2, 0) is 11.3 Å². The van der Waals surface area contributed by atoms with Gasteiger partial charge in [-0.1, -0.05) is 12.1 Å². The van der Waals surface area contributed by atoms with E-state index in [0.29, 0.717) is 59.9 Å². The molecule has 1 amide bonds. The molecule has 42 heavy (non-hydrogen) atoms. The van der Waals surface area contributed by atoms with E-state index in [9.17, 15) is 14.9 Å². The number of nitriles is 1. The molecule has 0 bridgehead atoms. The third kappa shape index (κ3) is 6.22. The summed E-state index contributed by atoms with van der Waals surface area (Å²) in [5, 5.41) is 12.5. The minimum Gasteiger partial charge on any atom is -0.474 e. The van der Waals surface area contributed by atoms with Crippen LogP contribution in [0.2, 0.25) is 0 Å². The van der Waals surface area contributed by atoms with E-state index >= 15 is 0 Å². The van der Waals surface area contributed by atoms with E-state index in [1.165, 1.54) is 17.1 Å². The van der Waals surface area contributed by atoms with Crippen molar-refractivity contribution in [2.24, 2.45) is 0 Å². The Balaban J connectivity index is 1.40. The fourth-order valence-corrected chi connectivity index (χ4v) is 4.55. The maximum Gasteiger partial charge on any atom is 0.410 e. The Morgan fingerprint density at radius 3 is 2.71 bits per heavy atom. The minimum atomic E-state index is -0.550. The lowest BCUT2D eigenvalue weighted by Crippen LogP contribution is -2.44. The zero-order valence-electron chi connectivity index (χ0n) is 23.6. The van der Waals surface area contributed by atoms with Crippen LogP contribution in [0.4, 0.5) is 16.4 Å². The van der Waals surface area contributed by atoms with Gasteiger partial charge < -0.3 is 19.7 Å². The maximum absolute atomic E-state index is 13.3. The maximum atomic E-state index is 13.3. The Labute approximate surface area is 242 Å². The fraction of sp³-hybridized carbons (Fsp3) is 0.345. The number of pyridine rings is 2. The molecule has 13 nitrogen and oxygen atoms in total. The second-order valence-corrected chi connectivity index (χ2v) is 10.7. The molecule has 1 saturated heterocycles. The monoisotopic (exact) mass is 569 g/mol. The molecule has 5 rings (SSSR count). The Hall–Kier alpha value is -5.25. The first kappa shape index (κ1) is 28.3. The van der Waals surface area contributed by atoms with Crippen LogP contribution in [0, 0.1) is 11.3 Å². The normalized spacial score (nSPS) is 13.9. The van der Waals surface area contributed by atoms with Gasteiger partial charge in [-0.25, -0.2) is 19.1 Å². The highest BCUT2D eigenvalue weighted by Crippen LogP contribution is 2.23. The molecule has 5 heterocycles. The Morgan fingerprint density at radius 2 is 2.00 bits per heavy atom. The van der Waals surface area contributed by atoms with Crippen LogP contribution in [0.5, 0.6) is 5.88 Å². The van der Waals surface area contributed by atoms with Gasteiger partial charge in [0.15, 0.2) is 11.5 Å². The molecular weight excluding hydrogens is 538 g/mol. The lowest BCUT2D eigenvalue weighted by atomic mass is 10.1. The predicted molar refractivity (Wildman–Crippen MR) is 155 cm³/mol. The topological polar surface area (TPSA) is 153 Å². The molecule has 0 radical (unpaired) electrons. The molecule has 4 aromatic rings. The van der Waals surface area contributed by atoms with Gasteiger partial charge in [-0.05, 0) is 32.9 Å². The van der Waals surface area contributed by atoms with E-state index < -0.39 is 5.60 Å². The number of hydrogen-bond donors (Lipinski definition) is 1. The summed E-state index contributed by atoms with van der Waals surface area (Å²) in [6, 6.07) is 8.97. The van der Waals surface area contributed by atoms with Crippen LogP contribution in [0.1, 0.15) is 39.2 Å². The molecule has 4 aromatic heterocycles. The van der Waals surface area contributed by atoms with Gasteiger partial charge in [-0.2, -0.15) is 15.2 Å². The first-order chi connectivity index (χ1) is 20.1. The smallest absolute Gasteiger partial charge is 0.410 e. The second kappa shape index (κ2) is 11.7. The van der Waals surface area contributed by atoms with Gasteiger partial charge in [0.05, 0.1) is 24.0 Å². The molecule has 13 heteroatoms. The molecule has 1 aliphatic rings. The molecule has 0 unspecified atom stereocenters. The van der Waals surface area contributed by atoms with Crippen LogP contribution in [0.25, 0.3) is 16.9 Å². The number of fused-ring (bicyclic) bond motifs is 1. The summed E-state index contributed by atoms with van der Waals surface area (Å²) in [6.45, 7) is 10.6. The van der Waals surface area contributed by atoms with Crippen LogP contribution >= 0.6 is 0 Å². The number of nitrogens with one attached hydrogen (secondary N) is 1. The van der Waals surface area contributed by atoms with Gasteiger partial charge in [0.25, 0.3) is 5.56 Å². The number of likely N-dealkylation sites (tertiary alicyclic amines) is 1. The Bertz CT molecular complexity index is 1720. The van der Waals surface area contributed by atoms with Crippen molar-refractivity contribution >= 4 is 28.8 Å². The van der Waals surface area contributed by atoms with E-state index in [1.807, 2.05) is 26.8 Å². The first-order valence-corrected chi connectivity index (χ1v) is 13.5. The highest BCUT2D eigenvalue weighted by Gasteiger charge is 2.28. The fourth-order valence-electron chi connectivity index (χ4n) is 4.55. The zero-order valence-corrected chi connectivity index (χ0v) is 23.6. The van der Waals surface area contributed by atoms with Crippen molar-refractivity contribution < 1.29 is 14.3 Å². The quantitative estimate of drug-likeness (QED) is 0.324. The van der Waals surface area contributed by atoms with Crippen LogP contribution in [0.3, 0.4) is 0 Å². The van der Waals surface area contributed by atoms with Crippen molar-refractivity contribution in [3.05, 3.63) is 71.4 Å². The third-order valence-corrected chi connectivity index (χ3v) is 6.41. The number of nitrogens with zero attached hydrogens (tertiary/aromatic N) is 8. The number of carbonyl (C=O) groups is 1. The Morgan fingerprint density at radius 1 is 1.21 bits per heavy atom. The number of anilines is 2. The number of ether oxygens (including phenoxy) is 2. The molecule has 0 atom stereocenters. The molecule has 0 spiro atoms. The third-order valence-electron chi connectivity index (χ3n) is 6.41. The summed E-state index contributed by atoms with van der Waals surface area (Å²) in [7, 11) is 0. The van der Waals surface area contributed by atoms with Gasteiger partial charge in [-0.3, -0.25) is 9.78 Å². The van der Waals surface area contributed by atoms with Crippen molar-refractivity contribution in [2.45, 2.75) is 51.9 Å². The van der Waals surface area contributed by atoms with E-state index in [0.717, 1.165) is 0 Å². The number of carbonyl (C=O) groups excluding carboxylic acids is 1. The molecule has 0 aromatic carbocycles. The number of rotatable bonds is 7. The van der Waals surface area contributed by atoms with Crippen molar-refractivity contribution in [2.75, 3.05) is 18.4 Å². The van der Waals surface area contributed by atoms with Crippen molar-refractivity contribution in [3.63, 3.8) is 0 Å². The van der Waals surface area contributed by atoms with E-state index in [4.69, 9.17) is 14.5 Å². The minimum absolute atomic E-state index is 0.140. The van der Waals surface area contributed by atoms with E-state index in [2.05, 4.69) is 26.8 Å². The number of allylic oxidation sites excluding steroid dienone is 1. The summed E-state index contributed by atoms with van der Waals surface area (Å²) in [6.07, 6.45) is 6.85. The largest absolute Gasteiger partial charge is 0.474 e. The van der Waals surface area contributed by atoms with Crippen molar-refractivity contribution in [1.29, 1.82) is 5.26 Å². The highest BCUT2D eigenvalue weighted by molar-refractivity contribution is 5.77. The molecule has 0 aliphatic carbocycles. The first-order valence-electron chi connectivity index (χ1n) is 13.5. The Kier molecular flexibility index (Phi) is 7.88. The van der Waals surface area contributed by atoms with E-state index in [-0.39, 0.29) is 30.2 Å². The van der Waals surface area contributed by atoms with Crippen LogP contribution < -0.4 is 15.6 Å².